The quantitative estimate of drug-likeness (QED) is 0.785. The Morgan fingerprint density at radius 2 is 2.15 bits per heavy atom. The van der Waals surface area contributed by atoms with Crippen molar-refractivity contribution in [3.63, 3.8) is 0 Å². The molecule has 0 saturated carbocycles. The monoisotopic (exact) mass is 397 g/mol. The van der Waals surface area contributed by atoms with Crippen LogP contribution in [0.2, 0.25) is 0 Å². The zero-order valence-corrected chi connectivity index (χ0v) is 16.5. The van der Waals surface area contributed by atoms with Gasteiger partial charge in [-0.15, -0.1) is 11.3 Å². The molecule has 2 N–H and O–H groups in total. The third-order valence-corrected chi connectivity index (χ3v) is 6.08. The van der Waals surface area contributed by atoms with E-state index in [0.29, 0.717) is 39.3 Å². The standard InChI is InChI=1S/C18H27N3O5S/c1-18(24)5-6-21(17(23)20-7-9-26-10-8-20)15(13-4-3-11-27-13)16(18)19-14(22)12-25-2/h3-4,11,15-16,24H,5-10,12H2,1-2H3,(H,19,22)/t15-,16-,18+/m0/s1. The summed E-state index contributed by atoms with van der Waals surface area (Å²) >= 11 is 1.51. The topological polar surface area (TPSA) is 91.3 Å². The molecule has 3 amide bonds. The van der Waals surface area contributed by atoms with E-state index in [4.69, 9.17) is 9.47 Å². The Balaban J connectivity index is 1.90. The molecule has 0 spiro atoms. The van der Waals surface area contributed by atoms with E-state index in [9.17, 15) is 14.7 Å². The smallest absolute Gasteiger partial charge is 0.320 e. The Bertz CT molecular complexity index is 645. The summed E-state index contributed by atoms with van der Waals surface area (Å²) < 4.78 is 10.3. The molecule has 1 aromatic rings. The second-order valence-corrected chi connectivity index (χ2v) is 8.10. The fourth-order valence-electron chi connectivity index (χ4n) is 3.67. The maximum atomic E-state index is 13.2. The third kappa shape index (κ3) is 4.43. The molecular formula is C18H27N3O5S. The van der Waals surface area contributed by atoms with Crippen LogP contribution < -0.4 is 5.32 Å². The number of nitrogens with zero attached hydrogens (tertiary/aromatic N) is 2. The van der Waals surface area contributed by atoms with Crippen molar-refractivity contribution in [1.82, 2.24) is 15.1 Å². The SMILES string of the molecule is COCC(=O)N[C@H]1[C@H](c2cccs2)N(C(=O)N2CCOCC2)CC[C@@]1(C)O. The first-order valence-electron chi connectivity index (χ1n) is 9.11. The first kappa shape index (κ1) is 20.1. The summed E-state index contributed by atoms with van der Waals surface area (Å²) in [7, 11) is 1.45. The predicted molar refractivity (Wildman–Crippen MR) is 101 cm³/mol. The normalized spacial score (nSPS) is 28.9. The van der Waals surface area contributed by atoms with Gasteiger partial charge in [-0.05, 0) is 24.8 Å². The molecule has 0 aliphatic carbocycles. The molecular weight excluding hydrogens is 370 g/mol. The van der Waals surface area contributed by atoms with E-state index in [-0.39, 0.29) is 18.5 Å². The highest BCUT2D eigenvalue weighted by atomic mass is 32.1. The number of urea groups is 1. The van der Waals surface area contributed by atoms with Crippen LogP contribution in [0.4, 0.5) is 4.79 Å². The van der Waals surface area contributed by atoms with E-state index in [0.717, 1.165) is 4.88 Å². The fourth-order valence-corrected chi connectivity index (χ4v) is 4.54. The third-order valence-electron chi connectivity index (χ3n) is 5.13. The second-order valence-electron chi connectivity index (χ2n) is 7.12. The van der Waals surface area contributed by atoms with Gasteiger partial charge in [0.05, 0.1) is 30.9 Å². The molecule has 3 rings (SSSR count). The Hall–Kier alpha value is -1.68. The summed E-state index contributed by atoms with van der Waals surface area (Å²) in [5.41, 5.74) is -1.14. The Kier molecular flexibility index (Phi) is 6.36. The van der Waals surface area contributed by atoms with Gasteiger partial charge < -0.3 is 29.7 Å². The molecule has 3 atom stereocenters. The lowest BCUT2D eigenvalue weighted by atomic mass is 9.82. The Morgan fingerprint density at radius 1 is 1.41 bits per heavy atom. The number of nitrogens with one attached hydrogen (secondary N) is 1. The summed E-state index contributed by atoms with van der Waals surface area (Å²) in [4.78, 5) is 29.9. The molecule has 2 fully saturated rings. The van der Waals surface area contributed by atoms with E-state index in [2.05, 4.69) is 5.32 Å². The van der Waals surface area contributed by atoms with Crippen LogP contribution in [0.15, 0.2) is 17.5 Å². The van der Waals surface area contributed by atoms with Crippen LogP contribution in [-0.2, 0) is 14.3 Å². The second kappa shape index (κ2) is 8.55. The first-order valence-corrected chi connectivity index (χ1v) is 9.99. The van der Waals surface area contributed by atoms with Crippen LogP contribution in [0, 0.1) is 0 Å². The Labute approximate surface area is 163 Å². The van der Waals surface area contributed by atoms with Gasteiger partial charge in [-0.3, -0.25) is 4.79 Å². The van der Waals surface area contributed by atoms with E-state index in [1.165, 1.54) is 18.4 Å². The van der Waals surface area contributed by atoms with Gasteiger partial charge >= 0.3 is 6.03 Å². The Morgan fingerprint density at radius 3 is 2.78 bits per heavy atom. The van der Waals surface area contributed by atoms with E-state index in [1.54, 1.807) is 16.7 Å². The number of ether oxygens (including phenoxy) is 2. The average Bonchev–Trinajstić information content (AvgIpc) is 3.18. The van der Waals surface area contributed by atoms with Crippen LogP contribution in [-0.4, -0.2) is 85.1 Å². The van der Waals surface area contributed by atoms with Gasteiger partial charge in [-0.25, -0.2) is 4.79 Å². The zero-order chi connectivity index (χ0) is 19.4. The molecule has 1 aromatic heterocycles. The van der Waals surface area contributed by atoms with Crippen LogP contribution >= 0.6 is 11.3 Å². The van der Waals surface area contributed by atoms with Gasteiger partial charge in [0.1, 0.15) is 6.61 Å². The maximum absolute atomic E-state index is 13.2. The number of aliphatic hydroxyl groups is 1. The molecule has 8 nitrogen and oxygen atoms in total. The molecule has 150 valence electrons. The number of carbonyl (C=O) groups is 2. The lowest BCUT2D eigenvalue weighted by Gasteiger charge is -2.49. The molecule has 3 heterocycles. The number of likely N-dealkylation sites (tertiary alicyclic amines) is 1. The number of thiophene rings is 1. The lowest BCUT2D eigenvalue weighted by molar-refractivity contribution is -0.131. The van der Waals surface area contributed by atoms with E-state index >= 15 is 0 Å². The van der Waals surface area contributed by atoms with Crippen molar-refractivity contribution in [2.45, 2.75) is 31.0 Å². The number of hydrogen-bond donors (Lipinski definition) is 2. The number of rotatable bonds is 4. The van der Waals surface area contributed by atoms with Gasteiger partial charge in [0, 0.05) is 31.6 Å². The van der Waals surface area contributed by atoms with Gasteiger partial charge in [0.25, 0.3) is 0 Å². The molecule has 2 aliphatic rings. The number of carbonyl (C=O) groups excluding carboxylic acids is 2. The van der Waals surface area contributed by atoms with Crippen LogP contribution in [0.25, 0.3) is 0 Å². The summed E-state index contributed by atoms with van der Waals surface area (Å²) in [5.74, 6) is -0.315. The van der Waals surface area contributed by atoms with E-state index < -0.39 is 17.7 Å². The van der Waals surface area contributed by atoms with E-state index in [1.807, 2.05) is 17.5 Å². The minimum Gasteiger partial charge on any atom is -0.388 e. The summed E-state index contributed by atoms with van der Waals surface area (Å²) in [6.07, 6.45) is 0.378. The number of piperidine rings is 1. The highest BCUT2D eigenvalue weighted by molar-refractivity contribution is 7.10. The maximum Gasteiger partial charge on any atom is 0.320 e. The molecule has 9 heteroatoms. The van der Waals surface area contributed by atoms with Gasteiger partial charge in [-0.2, -0.15) is 0 Å². The van der Waals surface area contributed by atoms with Gasteiger partial charge in [-0.1, -0.05) is 6.07 Å². The molecule has 0 unspecified atom stereocenters. The molecule has 0 bridgehead atoms. The van der Waals surface area contributed by atoms with Gasteiger partial charge in [0.2, 0.25) is 5.91 Å². The predicted octanol–water partition coefficient (Wildman–Crippen LogP) is 0.829. The average molecular weight is 397 g/mol. The molecule has 27 heavy (non-hydrogen) atoms. The number of methoxy groups -OCH3 is 1. The highest BCUT2D eigenvalue weighted by Crippen LogP contribution is 2.39. The molecule has 0 radical (unpaired) electrons. The van der Waals surface area contributed by atoms with Crippen LogP contribution in [0.1, 0.15) is 24.3 Å². The first-order chi connectivity index (χ1) is 12.9. The summed E-state index contributed by atoms with van der Waals surface area (Å²) in [6, 6.07) is 2.70. The van der Waals surface area contributed by atoms with Crippen molar-refractivity contribution in [2.24, 2.45) is 0 Å². The number of amides is 3. The zero-order valence-electron chi connectivity index (χ0n) is 15.7. The minimum atomic E-state index is -1.14. The number of hydrogen-bond acceptors (Lipinski definition) is 6. The summed E-state index contributed by atoms with van der Waals surface area (Å²) in [6.45, 7) is 4.17. The molecule has 2 aliphatic heterocycles. The fraction of sp³-hybridized carbons (Fsp3) is 0.667. The van der Waals surface area contributed by atoms with Crippen molar-refractivity contribution in [3.05, 3.63) is 22.4 Å². The summed E-state index contributed by atoms with van der Waals surface area (Å²) in [5, 5.41) is 15.8. The van der Waals surface area contributed by atoms with Crippen molar-refractivity contribution < 1.29 is 24.2 Å². The molecule has 2 saturated heterocycles. The minimum absolute atomic E-state index is 0.0850. The lowest BCUT2D eigenvalue weighted by Crippen LogP contribution is -2.65. The largest absolute Gasteiger partial charge is 0.388 e. The van der Waals surface area contributed by atoms with Crippen LogP contribution in [0.3, 0.4) is 0 Å². The van der Waals surface area contributed by atoms with Crippen molar-refractivity contribution >= 4 is 23.3 Å². The molecule has 0 aromatic carbocycles. The van der Waals surface area contributed by atoms with Crippen molar-refractivity contribution in [3.8, 4) is 0 Å². The highest BCUT2D eigenvalue weighted by Gasteiger charge is 2.48. The van der Waals surface area contributed by atoms with Crippen molar-refractivity contribution in [2.75, 3.05) is 46.6 Å². The van der Waals surface area contributed by atoms with Crippen molar-refractivity contribution in [1.29, 1.82) is 0 Å². The number of morpholine rings is 1. The van der Waals surface area contributed by atoms with Crippen LogP contribution in [0.5, 0.6) is 0 Å². The van der Waals surface area contributed by atoms with Gasteiger partial charge in [0.15, 0.2) is 0 Å².